The SMILES string of the molecule is CC(=O)O[C@@]12CO[C@@H]1CC(O)[C@@]1(C)C3OC3C(=O)C3=C(C)[C@@H](O)C[C@@](O)([C@@H](OC(=O)c4ccccc4)C12)C3(C)C. The van der Waals surface area contributed by atoms with Gasteiger partial charge in [0.2, 0.25) is 0 Å². The Morgan fingerprint density at radius 1 is 1.10 bits per heavy atom. The zero-order valence-electron chi connectivity index (χ0n) is 23.2. The number of rotatable bonds is 3. The second-order valence-electron chi connectivity index (χ2n) is 12.8. The molecule has 5 aliphatic rings. The topological polar surface area (TPSA) is 152 Å². The van der Waals surface area contributed by atoms with Crippen LogP contribution in [0.15, 0.2) is 41.5 Å². The molecule has 6 rings (SSSR count). The predicted octanol–water partition coefficient (Wildman–Crippen LogP) is 1.49. The Balaban J connectivity index is 1.63. The molecule has 10 heteroatoms. The molecule has 4 fully saturated rings. The molecule has 10 atom stereocenters. The first-order valence-corrected chi connectivity index (χ1v) is 13.8. The first-order valence-electron chi connectivity index (χ1n) is 13.8. The highest BCUT2D eigenvalue weighted by atomic mass is 16.6. The Morgan fingerprint density at radius 2 is 1.77 bits per heavy atom. The number of hydrogen-bond acceptors (Lipinski definition) is 10. The van der Waals surface area contributed by atoms with Gasteiger partial charge < -0.3 is 34.3 Å². The Labute approximate surface area is 232 Å². The fraction of sp³-hybridized carbons (Fsp3) is 0.633. The van der Waals surface area contributed by atoms with Crippen LogP contribution >= 0.6 is 0 Å². The van der Waals surface area contributed by atoms with Crippen LogP contribution < -0.4 is 0 Å². The summed E-state index contributed by atoms with van der Waals surface area (Å²) >= 11 is 0. The summed E-state index contributed by atoms with van der Waals surface area (Å²) in [5.74, 6) is -2.79. The molecule has 0 radical (unpaired) electrons. The van der Waals surface area contributed by atoms with E-state index in [1.807, 2.05) is 0 Å². The number of fused-ring (bicyclic) bond motifs is 7. The number of aliphatic hydroxyl groups excluding tert-OH is 2. The van der Waals surface area contributed by atoms with Crippen LogP contribution in [0.1, 0.15) is 57.8 Å². The monoisotopic (exact) mass is 556 g/mol. The van der Waals surface area contributed by atoms with Gasteiger partial charge in [-0.3, -0.25) is 9.59 Å². The highest BCUT2D eigenvalue weighted by Crippen LogP contribution is 2.66. The molecule has 10 nitrogen and oxygen atoms in total. The van der Waals surface area contributed by atoms with Crippen molar-refractivity contribution in [3.8, 4) is 0 Å². The van der Waals surface area contributed by atoms with E-state index in [0.29, 0.717) is 5.57 Å². The van der Waals surface area contributed by atoms with Crippen LogP contribution in [-0.2, 0) is 28.5 Å². The van der Waals surface area contributed by atoms with E-state index in [0.717, 1.165) is 0 Å². The lowest BCUT2D eigenvalue weighted by molar-refractivity contribution is -0.350. The van der Waals surface area contributed by atoms with Crippen molar-refractivity contribution in [1.82, 2.24) is 0 Å². The van der Waals surface area contributed by atoms with Gasteiger partial charge in [0.1, 0.15) is 30.0 Å². The van der Waals surface area contributed by atoms with Gasteiger partial charge in [-0.1, -0.05) is 39.0 Å². The highest BCUT2D eigenvalue weighted by Gasteiger charge is 2.79. The summed E-state index contributed by atoms with van der Waals surface area (Å²) in [5.41, 5.74) is -5.20. The third kappa shape index (κ3) is 3.43. The minimum atomic E-state index is -2.02. The number of Topliss-reactive ketones (excluding diaryl/α,β-unsaturated/α-hetero) is 1. The standard InChI is InChI=1S/C30H36O10/c1-14-17(32)12-30(36)25(39-26(35)16-9-7-6-8-10-16)23-28(5,24-22(38-24)21(34)20(14)27(30,3)4)18(33)11-19-29(23,13-37-19)40-15(2)31/h6-10,17-19,22-25,32-33,36H,11-13H2,1-5H3/t17-,18?,19+,22?,23?,24?,25-,28+,29-,30+/m0/s1. The maximum atomic E-state index is 14.0. The second-order valence-corrected chi connectivity index (χ2v) is 12.8. The maximum absolute atomic E-state index is 14.0. The highest BCUT2D eigenvalue weighted by molar-refractivity contribution is 6.03. The lowest BCUT2D eigenvalue weighted by atomic mass is 9.48. The third-order valence-electron chi connectivity index (χ3n) is 10.5. The molecule has 216 valence electrons. The number of benzene rings is 1. The van der Waals surface area contributed by atoms with Gasteiger partial charge >= 0.3 is 11.9 Å². The summed E-state index contributed by atoms with van der Waals surface area (Å²) in [6, 6.07) is 8.26. The van der Waals surface area contributed by atoms with Crippen LogP contribution in [-0.4, -0.2) is 87.5 Å². The van der Waals surface area contributed by atoms with Gasteiger partial charge in [-0.25, -0.2) is 4.79 Å². The minimum Gasteiger partial charge on any atom is -0.455 e. The Kier molecular flexibility index (Phi) is 5.98. The zero-order chi connectivity index (χ0) is 29.0. The van der Waals surface area contributed by atoms with Crippen molar-refractivity contribution in [3.05, 3.63) is 47.0 Å². The maximum Gasteiger partial charge on any atom is 0.338 e. The van der Waals surface area contributed by atoms with Crippen molar-refractivity contribution in [2.75, 3.05) is 6.61 Å². The second kappa shape index (κ2) is 8.69. The minimum absolute atomic E-state index is 0.0598. The van der Waals surface area contributed by atoms with Crippen LogP contribution in [0.2, 0.25) is 0 Å². The summed E-state index contributed by atoms with van der Waals surface area (Å²) in [6.45, 7) is 7.96. The van der Waals surface area contributed by atoms with Crippen LogP contribution in [0.25, 0.3) is 0 Å². The Hall–Kier alpha value is -2.63. The molecule has 1 aromatic rings. The summed E-state index contributed by atoms with van der Waals surface area (Å²) in [7, 11) is 0. The van der Waals surface area contributed by atoms with Gasteiger partial charge in [-0.15, -0.1) is 0 Å². The van der Waals surface area contributed by atoms with E-state index in [2.05, 4.69) is 0 Å². The molecular formula is C30H36O10. The molecule has 0 spiro atoms. The van der Waals surface area contributed by atoms with E-state index in [-0.39, 0.29) is 36.4 Å². The lowest BCUT2D eigenvalue weighted by Gasteiger charge is -2.65. The third-order valence-corrected chi connectivity index (χ3v) is 10.5. The van der Waals surface area contributed by atoms with Crippen LogP contribution in [0.3, 0.4) is 0 Å². The smallest absolute Gasteiger partial charge is 0.338 e. The number of carbonyl (C=O) groups excluding carboxylic acids is 3. The zero-order valence-corrected chi connectivity index (χ0v) is 23.2. The summed E-state index contributed by atoms with van der Waals surface area (Å²) in [5, 5.41) is 35.7. The average Bonchev–Trinajstić information content (AvgIpc) is 3.69. The molecule has 1 aromatic carbocycles. The van der Waals surface area contributed by atoms with Crippen molar-refractivity contribution in [2.24, 2.45) is 16.7 Å². The fourth-order valence-corrected chi connectivity index (χ4v) is 8.17. The molecule has 2 heterocycles. The van der Waals surface area contributed by atoms with Gasteiger partial charge in [0.05, 0.1) is 30.3 Å². The summed E-state index contributed by atoms with van der Waals surface area (Å²) < 4.78 is 24.1. The molecule has 2 bridgehead atoms. The number of ether oxygens (including phenoxy) is 4. The van der Waals surface area contributed by atoms with Crippen LogP contribution in [0.5, 0.6) is 0 Å². The molecule has 3 aliphatic carbocycles. The molecule has 3 N–H and O–H groups in total. The molecule has 0 aromatic heterocycles. The van der Waals surface area contributed by atoms with E-state index >= 15 is 0 Å². The van der Waals surface area contributed by atoms with Crippen LogP contribution in [0.4, 0.5) is 0 Å². The molecule has 0 amide bonds. The van der Waals surface area contributed by atoms with E-state index in [1.54, 1.807) is 58.0 Å². The first kappa shape index (κ1) is 27.5. The van der Waals surface area contributed by atoms with Crippen LogP contribution in [0, 0.1) is 16.7 Å². The van der Waals surface area contributed by atoms with Crippen molar-refractivity contribution in [1.29, 1.82) is 0 Å². The van der Waals surface area contributed by atoms with Crippen molar-refractivity contribution in [2.45, 2.75) is 95.3 Å². The Bertz CT molecular complexity index is 1300. The van der Waals surface area contributed by atoms with E-state index < -0.39 is 76.5 Å². The van der Waals surface area contributed by atoms with Crippen molar-refractivity contribution >= 4 is 17.7 Å². The van der Waals surface area contributed by atoms with E-state index in [4.69, 9.17) is 18.9 Å². The quantitative estimate of drug-likeness (QED) is 0.369. The van der Waals surface area contributed by atoms with Gasteiger partial charge in [-0.05, 0) is 24.6 Å². The summed E-state index contributed by atoms with van der Waals surface area (Å²) in [4.78, 5) is 40.2. The van der Waals surface area contributed by atoms with Gasteiger partial charge in [0.25, 0.3) is 0 Å². The molecule has 2 saturated carbocycles. The number of aliphatic hydroxyl groups is 3. The van der Waals surface area contributed by atoms with Gasteiger partial charge in [0.15, 0.2) is 11.4 Å². The van der Waals surface area contributed by atoms with Gasteiger partial charge in [0, 0.05) is 36.2 Å². The number of hydrogen-bond donors (Lipinski definition) is 3. The molecular weight excluding hydrogens is 520 g/mol. The fourth-order valence-electron chi connectivity index (χ4n) is 8.17. The number of epoxide rings is 1. The largest absolute Gasteiger partial charge is 0.455 e. The molecule has 4 unspecified atom stereocenters. The molecule has 40 heavy (non-hydrogen) atoms. The predicted molar refractivity (Wildman–Crippen MR) is 138 cm³/mol. The summed E-state index contributed by atoms with van der Waals surface area (Å²) in [6.07, 6.45) is -6.45. The lowest BCUT2D eigenvalue weighted by Crippen LogP contribution is -2.79. The normalized spacial score (nSPS) is 44.9. The number of esters is 2. The molecule has 2 saturated heterocycles. The van der Waals surface area contributed by atoms with E-state index in [1.165, 1.54) is 6.92 Å². The van der Waals surface area contributed by atoms with E-state index in [9.17, 15) is 29.7 Å². The Morgan fingerprint density at radius 3 is 2.38 bits per heavy atom. The number of ketones is 1. The number of carbonyl (C=O) groups is 3. The molecule has 2 aliphatic heterocycles. The van der Waals surface area contributed by atoms with Gasteiger partial charge in [-0.2, -0.15) is 0 Å². The van der Waals surface area contributed by atoms with Crippen molar-refractivity contribution < 1.29 is 48.7 Å². The average molecular weight is 557 g/mol. The first-order chi connectivity index (χ1) is 18.7. The van der Waals surface area contributed by atoms with Crippen molar-refractivity contribution in [3.63, 3.8) is 0 Å².